The molecular weight excluding hydrogens is 212 g/mol. The first kappa shape index (κ1) is 11.5. The lowest BCUT2D eigenvalue weighted by Crippen LogP contribution is -1.92. The molecular formula is C15H16O2. The molecule has 0 fully saturated rings. The van der Waals surface area contributed by atoms with Gasteiger partial charge >= 0.3 is 0 Å². The zero-order valence-corrected chi connectivity index (χ0v) is 10.3. The molecule has 0 unspecified atom stereocenters. The predicted octanol–water partition coefficient (Wildman–Crippen LogP) is 4.11. The van der Waals surface area contributed by atoms with Crippen LogP contribution in [0.4, 0.5) is 0 Å². The number of phenols is 1. The molecule has 2 nitrogen and oxygen atoms in total. The fourth-order valence-electron chi connectivity index (χ4n) is 1.96. The second-order valence-corrected chi connectivity index (χ2v) is 4.32. The Morgan fingerprint density at radius 1 is 0.882 bits per heavy atom. The average molecular weight is 228 g/mol. The number of hydrogen-bond acceptors (Lipinski definition) is 2. The molecule has 0 bridgehead atoms. The van der Waals surface area contributed by atoms with E-state index in [9.17, 15) is 5.11 Å². The Balaban J connectivity index is 2.33. The second-order valence-electron chi connectivity index (χ2n) is 4.32. The third kappa shape index (κ3) is 2.59. The summed E-state index contributed by atoms with van der Waals surface area (Å²) in [6, 6.07) is 11.0. The minimum atomic E-state index is 0.245. The van der Waals surface area contributed by atoms with Crippen molar-refractivity contribution < 1.29 is 9.84 Å². The maximum Gasteiger partial charge on any atom is 0.133 e. The monoisotopic (exact) mass is 228 g/mol. The van der Waals surface area contributed by atoms with Crippen LogP contribution in [0, 0.1) is 20.8 Å². The highest BCUT2D eigenvalue weighted by Gasteiger charge is 2.06. The van der Waals surface area contributed by atoms with E-state index in [0.717, 1.165) is 22.6 Å². The number of hydrogen-bond donors (Lipinski definition) is 1. The summed E-state index contributed by atoms with van der Waals surface area (Å²) in [5.74, 6) is 1.87. The fraction of sp³-hybridized carbons (Fsp3) is 0.200. The van der Waals surface area contributed by atoms with Gasteiger partial charge in [-0.3, -0.25) is 0 Å². The van der Waals surface area contributed by atoms with E-state index in [1.54, 1.807) is 24.3 Å². The van der Waals surface area contributed by atoms with E-state index in [0.29, 0.717) is 0 Å². The maximum absolute atomic E-state index is 9.21. The Bertz CT molecular complexity index is 504. The summed E-state index contributed by atoms with van der Waals surface area (Å²) in [6.07, 6.45) is 0. The third-order valence-electron chi connectivity index (χ3n) is 2.66. The Morgan fingerprint density at radius 2 is 1.41 bits per heavy atom. The van der Waals surface area contributed by atoms with Crippen LogP contribution in [-0.2, 0) is 0 Å². The topological polar surface area (TPSA) is 29.5 Å². The Hall–Kier alpha value is -1.96. The van der Waals surface area contributed by atoms with Gasteiger partial charge in [0.15, 0.2) is 0 Å². The van der Waals surface area contributed by atoms with Crippen molar-refractivity contribution in [1.29, 1.82) is 0 Å². The molecule has 0 aromatic heterocycles. The summed E-state index contributed by atoms with van der Waals surface area (Å²) < 4.78 is 5.84. The molecule has 0 saturated heterocycles. The van der Waals surface area contributed by atoms with Crippen LogP contribution in [0.2, 0.25) is 0 Å². The predicted molar refractivity (Wildman–Crippen MR) is 68.8 cm³/mol. The van der Waals surface area contributed by atoms with Crippen LogP contribution in [0.25, 0.3) is 0 Å². The van der Waals surface area contributed by atoms with Crippen molar-refractivity contribution >= 4 is 0 Å². The second kappa shape index (κ2) is 4.50. The molecule has 88 valence electrons. The lowest BCUT2D eigenvalue weighted by molar-refractivity contribution is 0.461. The molecule has 2 aromatic carbocycles. The van der Waals surface area contributed by atoms with Gasteiger partial charge in [-0.05, 0) is 56.2 Å². The van der Waals surface area contributed by atoms with Crippen molar-refractivity contribution in [2.24, 2.45) is 0 Å². The standard InChI is InChI=1S/C15H16O2/c1-10-8-11(2)15(12(3)9-10)17-14-6-4-13(16)5-7-14/h4-9,16H,1-3H3. The van der Waals surface area contributed by atoms with Gasteiger partial charge in [0, 0.05) is 0 Å². The Morgan fingerprint density at radius 3 is 1.94 bits per heavy atom. The van der Waals surface area contributed by atoms with Crippen LogP contribution in [0.3, 0.4) is 0 Å². The normalized spacial score (nSPS) is 10.3. The smallest absolute Gasteiger partial charge is 0.133 e. The minimum Gasteiger partial charge on any atom is -0.508 e. The van der Waals surface area contributed by atoms with Gasteiger partial charge in [-0.25, -0.2) is 0 Å². The molecule has 2 rings (SSSR count). The highest BCUT2D eigenvalue weighted by Crippen LogP contribution is 2.30. The molecule has 2 heteroatoms. The highest BCUT2D eigenvalue weighted by atomic mass is 16.5. The summed E-state index contributed by atoms with van der Waals surface area (Å²) in [5, 5.41) is 9.21. The van der Waals surface area contributed by atoms with Gasteiger partial charge < -0.3 is 9.84 Å². The highest BCUT2D eigenvalue weighted by molar-refractivity contribution is 5.45. The van der Waals surface area contributed by atoms with Crippen LogP contribution < -0.4 is 4.74 Å². The average Bonchev–Trinajstić information content (AvgIpc) is 2.26. The maximum atomic E-state index is 9.21. The van der Waals surface area contributed by atoms with Gasteiger partial charge in [0.25, 0.3) is 0 Å². The molecule has 0 atom stereocenters. The largest absolute Gasteiger partial charge is 0.508 e. The Labute approximate surface area is 101 Å². The quantitative estimate of drug-likeness (QED) is 0.838. The summed E-state index contributed by atoms with van der Waals surface area (Å²) in [5.41, 5.74) is 3.48. The van der Waals surface area contributed by atoms with Crippen molar-refractivity contribution in [1.82, 2.24) is 0 Å². The van der Waals surface area contributed by atoms with Crippen LogP contribution in [-0.4, -0.2) is 5.11 Å². The van der Waals surface area contributed by atoms with Crippen molar-refractivity contribution in [2.45, 2.75) is 20.8 Å². The van der Waals surface area contributed by atoms with E-state index in [4.69, 9.17) is 4.74 Å². The van der Waals surface area contributed by atoms with Crippen LogP contribution in [0.5, 0.6) is 17.2 Å². The molecule has 0 radical (unpaired) electrons. The molecule has 0 heterocycles. The molecule has 2 aromatic rings. The van der Waals surface area contributed by atoms with E-state index >= 15 is 0 Å². The number of rotatable bonds is 2. The fourth-order valence-corrected chi connectivity index (χ4v) is 1.96. The molecule has 0 aliphatic heterocycles. The van der Waals surface area contributed by atoms with Gasteiger partial charge in [-0.15, -0.1) is 0 Å². The molecule has 0 spiro atoms. The van der Waals surface area contributed by atoms with Crippen LogP contribution in [0.15, 0.2) is 36.4 Å². The van der Waals surface area contributed by atoms with Crippen molar-refractivity contribution in [3.63, 3.8) is 0 Å². The van der Waals surface area contributed by atoms with Gasteiger partial charge in [0.1, 0.15) is 17.2 Å². The minimum absolute atomic E-state index is 0.245. The number of aromatic hydroxyl groups is 1. The van der Waals surface area contributed by atoms with E-state index in [2.05, 4.69) is 19.1 Å². The first-order chi connectivity index (χ1) is 8.06. The van der Waals surface area contributed by atoms with E-state index < -0.39 is 0 Å². The number of benzene rings is 2. The van der Waals surface area contributed by atoms with Gasteiger partial charge in [-0.2, -0.15) is 0 Å². The number of ether oxygens (including phenoxy) is 1. The van der Waals surface area contributed by atoms with Gasteiger partial charge in [0.2, 0.25) is 0 Å². The van der Waals surface area contributed by atoms with E-state index in [-0.39, 0.29) is 5.75 Å². The number of aryl methyl sites for hydroxylation is 3. The lowest BCUT2D eigenvalue weighted by Gasteiger charge is -2.12. The van der Waals surface area contributed by atoms with E-state index in [1.807, 2.05) is 13.8 Å². The summed E-state index contributed by atoms with van der Waals surface area (Å²) in [7, 11) is 0. The first-order valence-electron chi connectivity index (χ1n) is 5.61. The number of phenolic OH excluding ortho intramolecular Hbond substituents is 1. The molecule has 0 aliphatic rings. The van der Waals surface area contributed by atoms with Crippen molar-refractivity contribution in [2.75, 3.05) is 0 Å². The Kier molecular flexibility index (Phi) is 3.05. The van der Waals surface area contributed by atoms with Crippen molar-refractivity contribution in [3.05, 3.63) is 53.1 Å². The lowest BCUT2D eigenvalue weighted by atomic mass is 10.1. The molecule has 17 heavy (non-hydrogen) atoms. The zero-order chi connectivity index (χ0) is 12.4. The molecule has 0 saturated carbocycles. The van der Waals surface area contributed by atoms with Crippen molar-refractivity contribution in [3.8, 4) is 17.2 Å². The SMILES string of the molecule is Cc1cc(C)c(Oc2ccc(O)cc2)c(C)c1. The van der Waals surface area contributed by atoms with E-state index in [1.165, 1.54) is 5.56 Å². The summed E-state index contributed by atoms with van der Waals surface area (Å²) >= 11 is 0. The third-order valence-corrected chi connectivity index (χ3v) is 2.66. The van der Waals surface area contributed by atoms with Gasteiger partial charge in [-0.1, -0.05) is 17.7 Å². The molecule has 0 amide bonds. The first-order valence-corrected chi connectivity index (χ1v) is 5.61. The molecule has 0 aliphatic carbocycles. The summed E-state index contributed by atoms with van der Waals surface area (Å²) in [6.45, 7) is 6.15. The molecule has 1 N–H and O–H groups in total. The van der Waals surface area contributed by atoms with Crippen LogP contribution >= 0.6 is 0 Å². The summed E-state index contributed by atoms with van der Waals surface area (Å²) in [4.78, 5) is 0. The van der Waals surface area contributed by atoms with Crippen LogP contribution in [0.1, 0.15) is 16.7 Å². The zero-order valence-electron chi connectivity index (χ0n) is 10.3. The van der Waals surface area contributed by atoms with Gasteiger partial charge in [0.05, 0.1) is 0 Å².